The van der Waals surface area contributed by atoms with E-state index in [1.807, 2.05) is 0 Å². The lowest BCUT2D eigenvalue weighted by molar-refractivity contribution is -0.709. The molecule has 4 aromatic rings. The van der Waals surface area contributed by atoms with Gasteiger partial charge >= 0.3 is 0 Å². The minimum absolute atomic E-state index is 0.639. The summed E-state index contributed by atoms with van der Waals surface area (Å²) in [5.41, 5.74) is 10.2. The average molecular weight is 449 g/mol. The number of rotatable bonds is 8. The number of pyridine rings is 1. The molecule has 0 amide bonds. The van der Waals surface area contributed by atoms with E-state index in [-0.39, 0.29) is 0 Å². The maximum Gasteiger partial charge on any atom is 0.182 e. The summed E-state index contributed by atoms with van der Waals surface area (Å²) in [6, 6.07) is 34.4. The first kappa shape index (κ1) is 23.5. The van der Waals surface area contributed by atoms with Crippen LogP contribution in [0.25, 0.3) is 11.1 Å². The fourth-order valence-corrected chi connectivity index (χ4v) is 4.74. The second-order valence-electron chi connectivity index (χ2n) is 8.78. The Kier molecular flexibility index (Phi) is 7.59. The summed E-state index contributed by atoms with van der Waals surface area (Å²) in [5.74, 6) is 0.900. The van der Waals surface area contributed by atoms with Crippen LogP contribution in [-0.2, 0) is 6.54 Å². The number of allylic oxidation sites excluding steroid dienone is 1. The average Bonchev–Trinajstić information content (AvgIpc) is 2.85. The molecule has 0 N–H and O–H groups in total. The molecule has 0 saturated carbocycles. The van der Waals surface area contributed by atoms with Crippen molar-refractivity contribution in [2.75, 3.05) is 6.61 Å². The van der Waals surface area contributed by atoms with Crippen molar-refractivity contribution in [1.82, 2.24) is 0 Å². The molecule has 34 heavy (non-hydrogen) atoms. The number of ether oxygens (including phenoxy) is 1. The van der Waals surface area contributed by atoms with E-state index in [2.05, 4.69) is 129 Å². The zero-order valence-corrected chi connectivity index (χ0v) is 20.7. The molecule has 0 saturated heterocycles. The van der Waals surface area contributed by atoms with Crippen LogP contribution in [0.15, 0.2) is 97.1 Å². The van der Waals surface area contributed by atoms with Crippen molar-refractivity contribution in [3.63, 3.8) is 0 Å². The lowest BCUT2D eigenvalue weighted by Crippen LogP contribution is -2.42. The van der Waals surface area contributed by atoms with E-state index in [4.69, 9.17) is 4.74 Å². The standard InChI is InChI=1S/C32H34NO/c1-5-31(27-12-8-6-9-13-27)32(28-14-10-7-11-15-28)29-16-18-30(19-17-29)34-21-20-33-25(3)22-24(2)23-26(33)4/h6-19,22-23H,5,20-21H2,1-4H3/q+1/b32-31+. The maximum absolute atomic E-state index is 6.13. The third kappa shape index (κ3) is 5.46. The molecule has 2 nitrogen and oxygen atoms in total. The van der Waals surface area contributed by atoms with E-state index >= 15 is 0 Å². The highest BCUT2D eigenvalue weighted by Crippen LogP contribution is 2.34. The Morgan fingerprint density at radius 3 is 1.76 bits per heavy atom. The van der Waals surface area contributed by atoms with Gasteiger partial charge in [-0.25, -0.2) is 0 Å². The van der Waals surface area contributed by atoms with Gasteiger partial charge in [-0.3, -0.25) is 0 Å². The summed E-state index contributed by atoms with van der Waals surface area (Å²) in [7, 11) is 0. The molecule has 2 heteroatoms. The molecule has 0 atom stereocenters. The van der Waals surface area contributed by atoms with Crippen molar-refractivity contribution < 1.29 is 9.30 Å². The minimum Gasteiger partial charge on any atom is -0.487 e. The third-order valence-corrected chi connectivity index (χ3v) is 6.29. The van der Waals surface area contributed by atoms with Crippen LogP contribution >= 0.6 is 0 Å². The summed E-state index contributed by atoms with van der Waals surface area (Å²) in [6.07, 6.45) is 0.957. The van der Waals surface area contributed by atoms with Crippen LogP contribution < -0.4 is 9.30 Å². The van der Waals surface area contributed by atoms with E-state index in [1.165, 1.54) is 44.8 Å². The first-order chi connectivity index (χ1) is 16.6. The minimum atomic E-state index is 0.639. The third-order valence-electron chi connectivity index (χ3n) is 6.29. The predicted octanol–water partition coefficient (Wildman–Crippen LogP) is 7.35. The van der Waals surface area contributed by atoms with Gasteiger partial charge in [-0.05, 0) is 58.9 Å². The second kappa shape index (κ2) is 11.0. The normalized spacial score (nSPS) is 11.8. The summed E-state index contributed by atoms with van der Waals surface area (Å²) in [4.78, 5) is 0. The molecule has 0 bridgehead atoms. The molecular weight excluding hydrogens is 414 g/mol. The lowest BCUT2D eigenvalue weighted by atomic mass is 9.88. The van der Waals surface area contributed by atoms with Gasteiger partial charge in [-0.2, -0.15) is 4.57 Å². The van der Waals surface area contributed by atoms with Crippen LogP contribution in [0.3, 0.4) is 0 Å². The van der Waals surface area contributed by atoms with Gasteiger partial charge in [0.05, 0.1) is 0 Å². The Hall–Kier alpha value is -3.65. The van der Waals surface area contributed by atoms with Gasteiger partial charge in [0.15, 0.2) is 17.9 Å². The van der Waals surface area contributed by atoms with Crippen molar-refractivity contribution in [2.24, 2.45) is 0 Å². The molecule has 0 fully saturated rings. The SMILES string of the molecule is CC/C(=C(/c1ccccc1)c1ccc(OCC[n+]2c(C)cc(C)cc2C)cc1)c1ccccc1. The fourth-order valence-electron chi connectivity index (χ4n) is 4.74. The monoisotopic (exact) mass is 448 g/mol. The van der Waals surface area contributed by atoms with E-state index in [0.717, 1.165) is 18.7 Å². The molecule has 0 aliphatic heterocycles. The van der Waals surface area contributed by atoms with E-state index < -0.39 is 0 Å². The number of aromatic nitrogens is 1. The van der Waals surface area contributed by atoms with Gasteiger partial charge in [0.25, 0.3) is 0 Å². The molecule has 0 spiro atoms. The van der Waals surface area contributed by atoms with Gasteiger partial charge in [0.1, 0.15) is 12.4 Å². The Labute approximate surface area is 204 Å². The zero-order valence-electron chi connectivity index (χ0n) is 20.7. The van der Waals surface area contributed by atoms with E-state index in [1.54, 1.807) is 0 Å². The second-order valence-corrected chi connectivity index (χ2v) is 8.78. The molecule has 0 unspecified atom stereocenters. The molecule has 0 radical (unpaired) electrons. The fraction of sp³-hybridized carbons (Fsp3) is 0.219. The van der Waals surface area contributed by atoms with Gasteiger partial charge in [-0.1, -0.05) is 79.7 Å². The van der Waals surface area contributed by atoms with Gasteiger partial charge < -0.3 is 4.74 Å². The molecule has 0 aliphatic carbocycles. The Balaban J connectivity index is 1.58. The van der Waals surface area contributed by atoms with E-state index in [0.29, 0.717) is 6.61 Å². The van der Waals surface area contributed by atoms with Gasteiger partial charge in [0, 0.05) is 26.0 Å². The summed E-state index contributed by atoms with van der Waals surface area (Å²) in [6.45, 7) is 10.2. The van der Waals surface area contributed by atoms with Crippen molar-refractivity contribution in [3.05, 3.63) is 131 Å². The maximum atomic E-state index is 6.13. The number of hydrogen-bond acceptors (Lipinski definition) is 1. The Morgan fingerprint density at radius 2 is 1.21 bits per heavy atom. The molecular formula is C32H34NO+. The molecule has 172 valence electrons. The van der Waals surface area contributed by atoms with Crippen molar-refractivity contribution in [1.29, 1.82) is 0 Å². The topological polar surface area (TPSA) is 13.1 Å². The first-order valence-electron chi connectivity index (χ1n) is 12.1. The van der Waals surface area contributed by atoms with Crippen LogP contribution in [0.5, 0.6) is 5.75 Å². The van der Waals surface area contributed by atoms with Crippen LogP contribution in [0.2, 0.25) is 0 Å². The molecule has 0 aliphatic rings. The van der Waals surface area contributed by atoms with E-state index in [9.17, 15) is 0 Å². The molecule has 1 aromatic heterocycles. The summed E-state index contributed by atoms with van der Waals surface area (Å²) >= 11 is 0. The molecule has 4 rings (SSSR count). The quantitative estimate of drug-likeness (QED) is 0.203. The predicted molar refractivity (Wildman–Crippen MR) is 142 cm³/mol. The lowest BCUT2D eigenvalue weighted by Gasteiger charge is -2.17. The zero-order chi connectivity index (χ0) is 23.9. The van der Waals surface area contributed by atoms with Crippen LogP contribution in [0.1, 0.15) is 47.0 Å². The highest BCUT2D eigenvalue weighted by molar-refractivity contribution is 5.98. The number of benzene rings is 3. The van der Waals surface area contributed by atoms with Crippen LogP contribution in [0.4, 0.5) is 0 Å². The van der Waals surface area contributed by atoms with Gasteiger partial charge in [-0.15, -0.1) is 0 Å². The Bertz CT molecular complexity index is 1230. The number of nitrogens with zero attached hydrogens (tertiary/aromatic N) is 1. The first-order valence-corrected chi connectivity index (χ1v) is 12.1. The highest BCUT2D eigenvalue weighted by Gasteiger charge is 2.14. The van der Waals surface area contributed by atoms with Gasteiger partial charge in [0.2, 0.25) is 0 Å². The highest BCUT2D eigenvalue weighted by atomic mass is 16.5. The Morgan fingerprint density at radius 1 is 0.676 bits per heavy atom. The largest absolute Gasteiger partial charge is 0.487 e. The molecule has 1 heterocycles. The van der Waals surface area contributed by atoms with Crippen molar-refractivity contribution in [2.45, 2.75) is 40.7 Å². The number of hydrogen-bond donors (Lipinski definition) is 0. The molecule has 3 aromatic carbocycles. The number of aryl methyl sites for hydroxylation is 3. The van der Waals surface area contributed by atoms with Crippen LogP contribution in [-0.4, -0.2) is 6.61 Å². The van der Waals surface area contributed by atoms with Crippen molar-refractivity contribution in [3.8, 4) is 5.75 Å². The smallest absolute Gasteiger partial charge is 0.182 e. The summed E-state index contributed by atoms with van der Waals surface area (Å²) < 4.78 is 8.44. The van der Waals surface area contributed by atoms with Crippen LogP contribution in [0, 0.1) is 20.8 Å². The summed E-state index contributed by atoms with van der Waals surface area (Å²) in [5, 5.41) is 0. The van der Waals surface area contributed by atoms with Crippen molar-refractivity contribution >= 4 is 11.1 Å².